The summed E-state index contributed by atoms with van der Waals surface area (Å²) in [4.78, 5) is 25.6. The third-order valence-electron chi connectivity index (χ3n) is 5.17. The predicted molar refractivity (Wildman–Crippen MR) is 153 cm³/mol. The molecule has 0 aliphatic carbocycles. The number of nitrogens with two attached hydrogens (primary N) is 2. The van der Waals surface area contributed by atoms with Gasteiger partial charge in [0.1, 0.15) is 5.71 Å². The molecule has 0 unspecified atom stereocenters. The van der Waals surface area contributed by atoms with Crippen molar-refractivity contribution in [1.29, 1.82) is 0 Å². The van der Waals surface area contributed by atoms with Crippen LogP contribution in [0, 0.1) is 0 Å². The summed E-state index contributed by atoms with van der Waals surface area (Å²) in [5.74, 6) is 5.10. The van der Waals surface area contributed by atoms with E-state index in [1.807, 2.05) is 0 Å². The molecule has 4 rings (SSSR count). The van der Waals surface area contributed by atoms with Gasteiger partial charge < -0.3 is 16.0 Å². The maximum absolute atomic E-state index is 12.8. The maximum Gasteiger partial charge on any atom is 0.416 e. The van der Waals surface area contributed by atoms with Crippen molar-refractivity contribution in [2.24, 2.45) is 31.9 Å². The second-order valence-corrected chi connectivity index (χ2v) is 9.74. The lowest BCUT2D eigenvalue weighted by atomic mass is 10.1. The molecule has 2 aromatic carbocycles. The van der Waals surface area contributed by atoms with E-state index in [1.54, 1.807) is 18.2 Å². The van der Waals surface area contributed by atoms with Crippen molar-refractivity contribution in [3.8, 4) is 0 Å². The lowest BCUT2D eigenvalue weighted by molar-refractivity contribution is -0.137. The average Bonchev–Trinajstić information content (AvgIpc) is 2.92. The molecule has 0 aliphatic rings. The Kier molecular flexibility index (Phi) is 9.15. The van der Waals surface area contributed by atoms with Gasteiger partial charge in [0.15, 0.2) is 11.7 Å². The Morgan fingerprint density at radius 3 is 2.54 bits per heavy atom. The second-order valence-electron chi connectivity index (χ2n) is 8.04. The van der Waals surface area contributed by atoms with Gasteiger partial charge in [0, 0.05) is 27.0 Å². The van der Waals surface area contributed by atoms with Crippen molar-refractivity contribution < 1.29 is 17.6 Å². The standard InChI is InChI=1S/C25H16BrCl2F3N8O2/c26-17-9-14(27)8-16-20(17)37-23(41-24(16)40)19(36-22-18(28)2-1-7-34-22)10-15(32)11-35-39-21(38-33)12-3-5-13(6-4-12)25(29,30)31/h1-10H,11,32-33H2/b15-10-,36-19-,38-21-,39-35?. The van der Waals surface area contributed by atoms with Crippen LogP contribution < -0.4 is 17.2 Å². The number of pyridine rings is 1. The number of hydrogen-bond donors (Lipinski definition) is 2. The number of aromatic nitrogens is 2. The Morgan fingerprint density at radius 1 is 1.15 bits per heavy atom. The molecule has 0 atom stereocenters. The van der Waals surface area contributed by atoms with Crippen molar-refractivity contribution in [2.45, 2.75) is 6.18 Å². The summed E-state index contributed by atoms with van der Waals surface area (Å²) >= 11 is 15.6. The van der Waals surface area contributed by atoms with Crippen LogP contribution in [0.5, 0.6) is 0 Å². The van der Waals surface area contributed by atoms with E-state index in [9.17, 15) is 18.0 Å². The van der Waals surface area contributed by atoms with Crippen LogP contribution in [0.3, 0.4) is 0 Å². The number of amidine groups is 1. The molecule has 10 nitrogen and oxygen atoms in total. The summed E-state index contributed by atoms with van der Waals surface area (Å²) < 4.78 is 44.4. The maximum atomic E-state index is 12.8. The van der Waals surface area contributed by atoms with Crippen molar-refractivity contribution in [3.05, 3.63) is 108 Å². The number of nitrogens with zero attached hydrogens (tertiary/aromatic N) is 6. The smallest absolute Gasteiger partial charge is 0.401 e. The van der Waals surface area contributed by atoms with Crippen molar-refractivity contribution in [2.75, 3.05) is 6.54 Å². The molecule has 2 aromatic heterocycles. The highest BCUT2D eigenvalue weighted by atomic mass is 79.9. The summed E-state index contributed by atoms with van der Waals surface area (Å²) in [5, 5.41) is 11.9. The molecule has 0 bridgehead atoms. The van der Waals surface area contributed by atoms with Crippen LogP contribution in [0.15, 0.2) is 101 Å². The molecule has 2 heterocycles. The van der Waals surface area contributed by atoms with E-state index in [4.69, 9.17) is 39.2 Å². The van der Waals surface area contributed by atoms with Crippen molar-refractivity contribution >= 4 is 67.4 Å². The van der Waals surface area contributed by atoms with Crippen LogP contribution in [-0.2, 0) is 6.18 Å². The second kappa shape index (κ2) is 12.6. The van der Waals surface area contributed by atoms with Crippen molar-refractivity contribution in [3.63, 3.8) is 0 Å². The molecule has 16 heteroatoms. The van der Waals surface area contributed by atoms with E-state index in [1.165, 1.54) is 18.3 Å². The molecule has 4 aromatic rings. The topological polar surface area (TPSA) is 157 Å². The zero-order valence-corrected chi connectivity index (χ0v) is 23.5. The third kappa shape index (κ3) is 7.34. The van der Waals surface area contributed by atoms with Gasteiger partial charge in [-0.05, 0) is 58.4 Å². The Hall–Kier alpha value is -4.14. The SMILES string of the molecule is N/N=C(\N=NC/C(N)=C/C(=N/c1ncccc1Cl)c1nc2c(Br)cc(Cl)cc2c(=O)o1)c1ccc(C(F)(F)F)cc1. The number of allylic oxidation sites excluding steroid dienone is 1. The molecule has 0 amide bonds. The largest absolute Gasteiger partial charge is 0.416 e. The van der Waals surface area contributed by atoms with Gasteiger partial charge >= 0.3 is 11.8 Å². The molecule has 0 spiro atoms. The van der Waals surface area contributed by atoms with Crippen LogP contribution in [-0.4, -0.2) is 28.1 Å². The quantitative estimate of drug-likeness (QED) is 0.0795. The number of alkyl halides is 3. The number of azo groups is 1. The Labute approximate surface area is 247 Å². The van der Waals surface area contributed by atoms with E-state index >= 15 is 0 Å². The van der Waals surface area contributed by atoms with Gasteiger partial charge in [-0.3, -0.25) is 0 Å². The molecular weight excluding hydrogens is 652 g/mol. The number of rotatable bonds is 6. The van der Waals surface area contributed by atoms with Crippen LogP contribution >= 0.6 is 39.1 Å². The highest BCUT2D eigenvalue weighted by molar-refractivity contribution is 9.10. The van der Waals surface area contributed by atoms with Crippen LogP contribution in [0.4, 0.5) is 19.0 Å². The fourth-order valence-corrected chi connectivity index (χ4v) is 4.36. The molecule has 0 saturated heterocycles. The molecule has 4 N–H and O–H groups in total. The predicted octanol–water partition coefficient (Wildman–Crippen LogP) is 6.41. The number of benzene rings is 2. The third-order valence-corrected chi connectivity index (χ3v) is 6.29. The number of hydrogen-bond acceptors (Lipinski definition) is 9. The van der Waals surface area contributed by atoms with E-state index in [2.05, 4.69) is 46.2 Å². The van der Waals surface area contributed by atoms with Gasteiger partial charge in [-0.25, -0.2) is 19.8 Å². The normalized spacial score (nSPS) is 13.4. The molecule has 210 valence electrons. The Balaban J connectivity index is 1.68. The summed E-state index contributed by atoms with van der Waals surface area (Å²) in [6.45, 7) is -0.230. The summed E-state index contributed by atoms with van der Waals surface area (Å²) in [7, 11) is 0. The first-order valence-corrected chi connectivity index (χ1v) is 12.8. The van der Waals surface area contributed by atoms with Crippen LogP contribution in [0.1, 0.15) is 17.0 Å². The number of fused-ring (bicyclic) bond motifs is 1. The summed E-state index contributed by atoms with van der Waals surface area (Å²) in [5.41, 5.74) is 5.07. The minimum absolute atomic E-state index is 0.0189. The van der Waals surface area contributed by atoms with E-state index in [0.717, 1.165) is 24.3 Å². The first-order valence-electron chi connectivity index (χ1n) is 11.2. The number of aliphatic imine (C=N–C) groups is 1. The lowest BCUT2D eigenvalue weighted by Gasteiger charge is -2.07. The van der Waals surface area contributed by atoms with Gasteiger partial charge in [-0.1, -0.05) is 35.3 Å². The molecule has 0 aliphatic heterocycles. The minimum Gasteiger partial charge on any atom is -0.401 e. The summed E-state index contributed by atoms with van der Waals surface area (Å²) in [6, 6.07) is 10.2. The fraction of sp³-hybridized carbons (Fsp3) is 0.0800. The van der Waals surface area contributed by atoms with Crippen LogP contribution in [0.25, 0.3) is 10.9 Å². The van der Waals surface area contributed by atoms with Gasteiger partial charge in [-0.2, -0.15) is 23.4 Å². The first-order chi connectivity index (χ1) is 19.5. The monoisotopic (exact) mass is 666 g/mol. The molecule has 0 saturated carbocycles. The van der Waals surface area contributed by atoms with Crippen LogP contribution in [0.2, 0.25) is 10.0 Å². The highest BCUT2D eigenvalue weighted by Gasteiger charge is 2.30. The highest BCUT2D eigenvalue weighted by Crippen LogP contribution is 2.29. The molecular formula is C25H16BrCl2F3N8O2. The molecule has 0 fully saturated rings. The Bertz CT molecular complexity index is 1790. The zero-order chi connectivity index (χ0) is 29.7. The van der Waals surface area contributed by atoms with E-state index < -0.39 is 17.4 Å². The van der Waals surface area contributed by atoms with Gasteiger partial charge in [-0.15, -0.1) is 5.11 Å². The fourth-order valence-electron chi connectivity index (χ4n) is 3.30. The van der Waals surface area contributed by atoms with Gasteiger partial charge in [0.25, 0.3) is 0 Å². The summed E-state index contributed by atoms with van der Waals surface area (Å²) in [6.07, 6.45) is -1.72. The number of halogens is 6. The lowest BCUT2D eigenvalue weighted by Crippen LogP contribution is -2.13. The van der Waals surface area contributed by atoms with Gasteiger partial charge in [0.2, 0.25) is 5.89 Å². The van der Waals surface area contributed by atoms with Crippen molar-refractivity contribution in [1.82, 2.24) is 9.97 Å². The molecule has 41 heavy (non-hydrogen) atoms. The number of hydrazone groups is 1. The van der Waals surface area contributed by atoms with Gasteiger partial charge in [0.05, 0.1) is 28.0 Å². The van der Waals surface area contributed by atoms with E-state index in [0.29, 0.717) is 9.50 Å². The Morgan fingerprint density at radius 2 is 1.88 bits per heavy atom. The first kappa shape index (κ1) is 29.8. The average molecular weight is 668 g/mol. The van der Waals surface area contributed by atoms with E-state index in [-0.39, 0.29) is 57.0 Å². The zero-order valence-electron chi connectivity index (χ0n) is 20.4. The minimum atomic E-state index is -4.50. The molecule has 0 radical (unpaired) electrons.